The zero-order valence-electron chi connectivity index (χ0n) is 9.57. The van der Waals surface area contributed by atoms with Gasteiger partial charge in [0.1, 0.15) is 11.5 Å². The van der Waals surface area contributed by atoms with Crippen LogP contribution in [0.5, 0.6) is 5.75 Å². The van der Waals surface area contributed by atoms with Crippen LogP contribution < -0.4 is 10.4 Å². The monoisotopic (exact) mass is 398 g/mol. The van der Waals surface area contributed by atoms with Gasteiger partial charge in [-0.05, 0) is 6.92 Å². The molecule has 0 bridgehead atoms. The van der Waals surface area contributed by atoms with Gasteiger partial charge in [0.25, 0.3) is 0 Å². The van der Waals surface area contributed by atoms with Crippen LogP contribution in [-0.4, -0.2) is 18.2 Å². The van der Waals surface area contributed by atoms with Gasteiger partial charge in [0, 0.05) is 27.1 Å². The summed E-state index contributed by atoms with van der Waals surface area (Å²) in [5.41, 5.74) is -1.38. The summed E-state index contributed by atoms with van der Waals surface area (Å²) < 4.78 is 9.32. The largest absolute Gasteiger partial charge is 0.495 e. The van der Waals surface area contributed by atoms with Crippen LogP contribution in [-0.2, 0) is 21.1 Å². The van der Waals surface area contributed by atoms with E-state index < -0.39 is 17.2 Å². The first kappa shape index (κ1) is 17.3. The molecule has 0 atom stereocenters. The molecule has 0 aliphatic heterocycles. The summed E-state index contributed by atoms with van der Waals surface area (Å²) in [5, 5.41) is 8.63. The van der Waals surface area contributed by atoms with Gasteiger partial charge in [0.15, 0.2) is 5.56 Å². The molecule has 90 valence electrons. The van der Waals surface area contributed by atoms with Crippen molar-refractivity contribution < 1.29 is 40.1 Å². The number of aryl methyl sites for hydroxylation is 1. The Morgan fingerprint density at radius 1 is 1.44 bits per heavy atom. The van der Waals surface area contributed by atoms with Crippen LogP contribution in [0.3, 0.4) is 0 Å². The van der Waals surface area contributed by atoms with Gasteiger partial charge in [-0.2, -0.15) is 0 Å². The molecular formula is C10H14O5W. The second-order valence-corrected chi connectivity index (χ2v) is 2.39. The average Bonchev–Trinajstić information content (AvgIpc) is 2.18. The van der Waals surface area contributed by atoms with Gasteiger partial charge in [-0.3, -0.25) is 0 Å². The SMILES string of the molecule is CC.COc1cc(C)oc(=O)c1C(=O)O.[W]. The molecule has 1 rings (SSSR count). The molecule has 0 saturated heterocycles. The van der Waals surface area contributed by atoms with Crippen molar-refractivity contribution in [2.75, 3.05) is 7.11 Å². The van der Waals surface area contributed by atoms with Gasteiger partial charge < -0.3 is 14.3 Å². The van der Waals surface area contributed by atoms with Crippen LogP contribution in [0.2, 0.25) is 0 Å². The Morgan fingerprint density at radius 2 is 1.94 bits per heavy atom. The van der Waals surface area contributed by atoms with Gasteiger partial charge in [0.2, 0.25) is 0 Å². The van der Waals surface area contributed by atoms with Gasteiger partial charge in [-0.1, -0.05) is 13.8 Å². The second kappa shape index (κ2) is 8.11. The molecule has 0 aliphatic carbocycles. The van der Waals surface area contributed by atoms with Gasteiger partial charge in [0.05, 0.1) is 7.11 Å². The number of methoxy groups -OCH3 is 1. The van der Waals surface area contributed by atoms with Crippen LogP contribution in [0.1, 0.15) is 30.0 Å². The summed E-state index contributed by atoms with van der Waals surface area (Å²) >= 11 is 0. The van der Waals surface area contributed by atoms with Gasteiger partial charge >= 0.3 is 11.6 Å². The molecule has 1 aromatic heterocycles. The Balaban J connectivity index is 0. The maximum absolute atomic E-state index is 11.0. The molecule has 0 spiro atoms. The quantitative estimate of drug-likeness (QED) is 0.821. The zero-order valence-corrected chi connectivity index (χ0v) is 12.5. The van der Waals surface area contributed by atoms with Gasteiger partial charge in [-0.15, -0.1) is 0 Å². The number of ether oxygens (including phenoxy) is 1. The number of carbonyl (C=O) groups is 1. The minimum Gasteiger partial charge on any atom is -0.495 e. The molecule has 0 unspecified atom stereocenters. The van der Waals surface area contributed by atoms with Crippen molar-refractivity contribution in [3.05, 3.63) is 27.8 Å². The molecule has 5 nitrogen and oxygen atoms in total. The third-order valence-corrected chi connectivity index (χ3v) is 1.47. The van der Waals surface area contributed by atoms with Crippen molar-refractivity contribution in [1.29, 1.82) is 0 Å². The van der Waals surface area contributed by atoms with Crippen LogP contribution in [0.25, 0.3) is 0 Å². The normalized spacial score (nSPS) is 8.25. The predicted molar refractivity (Wildman–Crippen MR) is 54.6 cm³/mol. The number of rotatable bonds is 2. The van der Waals surface area contributed by atoms with E-state index in [4.69, 9.17) is 9.84 Å². The van der Waals surface area contributed by atoms with E-state index in [9.17, 15) is 9.59 Å². The molecule has 0 radical (unpaired) electrons. The van der Waals surface area contributed by atoms with E-state index in [0.29, 0.717) is 5.76 Å². The van der Waals surface area contributed by atoms with Crippen LogP contribution >= 0.6 is 0 Å². The topological polar surface area (TPSA) is 76.7 Å². The number of hydrogen-bond acceptors (Lipinski definition) is 4. The van der Waals surface area contributed by atoms with E-state index >= 15 is 0 Å². The predicted octanol–water partition coefficient (Wildman–Crippen LogP) is 1.68. The number of carboxylic acid groups (broad SMARTS) is 1. The number of hydrogen-bond donors (Lipinski definition) is 1. The molecule has 16 heavy (non-hydrogen) atoms. The maximum Gasteiger partial charge on any atom is 0.354 e. The molecule has 0 aromatic carbocycles. The average molecular weight is 398 g/mol. The first-order valence-corrected chi connectivity index (χ1v) is 4.48. The molecule has 0 fully saturated rings. The standard InChI is InChI=1S/C8H8O5.C2H6.W/c1-4-3-5(12-2)6(7(9)10)8(11)13-4;1-2;/h3H,1-2H3,(H,9,10);1-2H3;. The Kier molecular flexibility index (Phi) is 8.77. The van der Waals surface area contributed by atoms with E-state index in [0.717, 1.165) is 0 Å². The summed E-state index contributed by atoms with van der Waals surface area (Å²) in [4.78, 5) is 21.6. The Bertz CT molecular complexity index is 397. The minimum atomic E-state index is -1.36. The van der Waals surface area contributed by atoms with E-state index in [1.54, 1.807) is 0 Å². The Hall–Kier alpha value is -1.09. The smallest absolute Gasteiger partial charge is 0.354 e. The van der Waals surface area contributed by atoms with Crippen molar-refractivity contribution in [3.8, 4) is 5.75 Å². The molecular weight excluding hydrogens is 384 g/mol. The molecule has 6 heteroatoms. The van der Waals surface area contributed by atoms with Crippen LogP contribution in [0, 0.1) is 6.92 Å². The maximum atomic E-state index is 11.0. The second-order valence-electron chi connectivity index (χ2n) is 2.39. The molecule has 1 N–H and O–H groups in total. The molecule has 0 saturated carbocycles. The van der Waals surface area contributed by atoms with Crippen molar-refractivity contribution in [2.45, 2.75) is 20.8 Å². The first-order valence-electron chi connectivity index (χ1n) is 4.48. The number of aromatic carboxylic acids is 1. The van der Waals surface area contributed by atoms with E-state index in [1.165, 1.54) is 20.1 Å². The Morgan fingerprint density at radius 3 is 2.31 bits per heavy atom. The van der Waals surface area contributed by atoms with Crippen LogP contribution in [0.15, 0.2) is 15.3 Å². The van der Waals surface area contributed by atoms with Crippen molar-refractivity contribution in [3.63, 3.8) is 0 Å². The van der Waals surface area contributed by atoms with E-state index in [1.807, 2.05) is 13.8 Å². The zero-order chi connectivity index (χ0) is 12.0. The van der Waals surface area contributed by atoms with E-state index in [2.05, 4.69) is 4.42 Å². The third-order valence-electron chi connectivity index (χ3n) is 1.47. The third kappa shape index (κ3) is 4.19. The summed E-state index contributed by atoms with van der Waals surface area (Å²) in [6.45, 7) is 5.54. The molecule has 0 aliphatic rings. The van der Waals surface area contributed by atoms with Crippen LogP contribution in [0.4, 0.5) is 0 Å². The van der Waals surface area contributed by atoms with Crippen molar-refractivity contribution in [2.24, 2.45) is 0 Å². The molecule has 0 amide bonds. The minimum absolute atomic E-state index is 0. The van der Waals surface area contributed by atoms with Crippen molar-refractivity contribution in [1.82, 2.24) is 0 Å². The fraction of sp³-hybridized carbons (Fsp3) is 0.400. The number of carboxylic acids is 1. The van der Waals surface area contributed by atoms with Crippen molar-refractivity contribution >= 4 is 5.97 Å². The summed E-state index contributed by atoms with van der Waals surface area (Å²) in [7, 11) is 1.29. The summed E-state index contributed by atoms with van der Waals surface area (Å²) in [6, 6.07) is 1.35. The van der Waals surface area contributed by atoms with E-state index in [-0.39, 0.29) is 26.8 Å². The fourth-order valence-electron chi connectivity index (χ4n) is 0.938. The molecule has 1 heterocycles. The summed E-state index contributed by atoms with van der Waals surface area (Å²) in [5.74, 6) is -1.03. The summed E-state index contributed by atoms with van der Waals surface area (Å²) in [6.07, 6.45) is 0. The van der Waals surface area contributed by atoms with Gasteiger partial charge in [-0.25, -0.2) is 9.59 Å². The Labute approximate surface area is 108 Å². The molecule has 1 aromatic rings. The first-order chi connectivity index (χ1) is 7.06. The fourth-order valence-corrected chi connectivity index (χ4v) is 0.938.